The van der Waals surface area contributed by atoms with Gasteiger partial charge >= 0.3 is 0 Å². The Labute approximate surface area is 133 Å². The summed E-state index contributed by atoms with van der Waals surface area (Å²) in [5.41, 5.74) is 1.02. The first-order valence-electron chi connectivity index (χ1n) is 8.82. The highest BCUT2D eigenvalue weighted by molar-refractivity contribution is 5.93. The number of amides is 1. The van der Waals surface area contributed by atoms with Crippen LogP contribution in [-0.2, 0) is 14.3 Å². The molecule has 2 aliphatic heterocycles. The van der Waals surface area contributed by atoms with E-state index in [9.17, 15) is 4.79 Å². The first kappa shape index (κ1) is 16.0. The van der Waals surface area contributed by atoms with Crippen molar-refractivity contribution in [3.63, 3.8) is 0 Å². The smallest absolute Gasteiger partial charge is 0.249 e. The lowest BCUT2D eigenvalue weighted by Gasteiger charge is -2.50. The predicted molar refractivity (Wildman–Crippen MR) is 85.6 cm³/mol. The highest BCUT2D eigenvalue weighted by atomic mass is 16.5. The summed E-state index contributed by atoms with van der Waals surface area (Å²) in [6.07, 6.45) is 8.86. The van der Waals surface area contributed by atoms with Crippen molar-refractivity contribution in [2.45, 2.75) is 64.6 Å². The van der Waals surface area contributed by atoms with Gasteiger partial charge < -0.3 is 14.4 Å². The van der Waals surface area contributed by atoms with Gasteiger partial charge in [-0.2, -0.15) is 0 Å². The summed E-state index contributed by atoms with van der Waals surface area (Å²) in [7, 11) is 0. The second-order valence-corrected chi connectivity index (χ2v) is 7.32. The first-order valence-corrected chi connectivity index (χ1v) is 8.82. The molecule has 4 heteroatoms. The molecule has 0 radical (unpaired) electrons. The van der Waals surface area contributed by atoms with Gasteiger partial charge in [0.05, 0.1) is 18.8 Å². The van der Waals surface area contributed by atoms with Crippen LogP contribution in [0, 0.1) is 5.41 Å². The molecular formula is C18H29NO3. The molecule has 22 heavy (non-hydrogen) atoms. The summed E-state index contributed by atoms with van der Waals surface area (Å²) in [5, 5.41) is 0. The first-order chi connectivity index (χ1) is 10.6. The van der Waals surface area contributed by atoms with Crippen LogP contribution in [0.25, 0.3) is 0 Å². The highest BCUT2D eigenvalue weighted by Crippen LogP contribution is 2.41. The van der Waals surface area contributed by atoms with Gasteiger partial charge in [-0.15, -0.1) is 0 Å². The third kappa shape index (κ3) is 3.23. The zero-order valence-corrected chi connectivity index (χ0v) is 14.0. The number of likely N-dealkylation sites (tertiary alicyclic amines) is 1. The summed E-state index contributed by atoms with van der Waals surface area (Å²) in [4.78, 5) is 14.8. The molecule has 0 saturated carbocycles. The Morgan fingerprint density at radius 2 is 2.36 bits per heavy atom. The Balaban J connectivity index is 1.72. The molecule has 2 fully saturated rings. The van der Waals surface area contributed by atoms with E-state index < -0.39 is 0 Å². The number of carbonyl (C=O) groups is 1. The van der Waals surface area contributed by atoms with E-state index in [0.29, 0.717) is 6.61 Å². The van der Waals surface area contributed by atoms with Crippen LogP contribution in [0.4, 0.5) is 0 Å². The van der Waals surface area contributed by atoms with Crippen LogP contribution in [0.1, 0.15) is 52.4 Å². The van der Waals surface area contributed by atoms with Gasteiger partial charge in [0.15, 0.2) is 0 Å². The molecule has 1 amide bonds. The average molecular weight is 307 g/mol. The van der Waals surface area contributed by atoms with Crippen molar-refractivity contribution < 1.29 is 14.3 Å². The molecule has 2 heterocycles. The molecule has 0 N–H and O–H groups in total. The number of carbonyl (C=O) groups excluding carboxylic acids is 1. The molecular weight excluding hydrogens is 278 g/mol. The fourth-order valence-electron chi connectivity index (χ4n) is 4.08. The van der Waals surface area contributed by atoms with E-state index in [1.807, 2.05) is 0 Å². The molecule has 0 aromatic rings. The largest absolute Gasteiger partial charge is 0.378 e. The minimum absolute atomic E-state index is 0.00437. The van der Waals surface area contributed by atoms with Gasteiger partial charge in [-0.05, 0) is 52.4 Å². The van der Waals surface area contributed by atoms with Gasteiger partial charge in [0.25, 0.3) is 0 Å². The molecule has 0 spiro atoms. The van der Waals surface area contributed by atoms with E-state index in [1.54, 1.807) is 0 Å². The quantitative estimate of drug-likeness (QED) is 0.801. The van der Waals surface area contributed by atoms with E-state index in [4.69, 9.17) is 9.47 Å². The van der Waals surface area contributed by atoms with E-state index in [1.165, 1.54) is 0 Å². The number of hydrogen-bond acceptors (Lipinski definition) is 3. The van der Waals surface area contributed by atoms with Gasteiger partial charge in [0, 0.05) is 30.7 Å². The normalized spacial score (nSPS) is 32.0. The average Bonchev–Trinajstić information content (AvgIpc) is 3.06. The summed E-state index contributed by atoms with van der Waals surface area (Å²) >= 11 is 0. The van der Waals surface area contributed by atoms with Crippen LogP contribution in [0.15, 0.2) is 11.6 Å². The van der Waals surface area contributed by atoms with Crippen LogP contribution in [0.5, 0.6) is 0 Å². The van der Waals surface area contributed by atoms with Crippen molar-refractivity contribution in [1.29, 1.82) is 0 Å². The van der Waals surface area contributed by atoms with Crippen LogP contribution >= 0.6 is 0 Å². The standard InChI is InChI=1S/C18H29NO3/c1-14(2)22-13-18-9-5-11-21-16(18)8-10-19(12-18)17(20)15-6-3-4-7-15/h6,14,16H,3-5,7-13H2,1-2H3/t16-,18-/m0/s1. The SMILES string of the molecule is CC(C)OC[C@@]12CCCO[C@H]1CCN(C(=O)C1=CCCC1)C2. The molecule has 4 nitrogen and oxygen atoms in total. The fourth-order valence-corrected chi connectivity index (χ4v) is 4.08. The van der Waals surface area contributed by atoms with Crippen molar-refractivity contribution in [3.05, 3.63) is 11.6 Å². The lowest BCUT2D eigenvalue weighted by molar-refractivity contribution is -0.166. The van der Waals surface area contributed by atoms with E-state index >= 15 is 0 Å². The van der Waals surface area contributed by atoms with Gasteiger partial charge in [0.1, 0.15) is 0 Å². The Bertz CT molecular complexity index is 446. The second kappa shape index (κ2) is 6.71. The monoisotopic (exact) mass is 307 g/mol. The summed E-state index contributed by atoms with van der Waals surface area (Å²) in [6, 6.07) is 0. The molecule has 0 aromatic heterocycles. The number of allylic oxidation sites excluding steroid dienone is 1. The van der Waals surface area contributed by atoms with Gasteiger partial charge in [-0.3, -0.25) is 4.79 Å². The third-order valence-electron chi connectivity index (χ3n) is 5.30. The zero-order valence-electron chi connectivity index (χ0n) is 14.0. The molecule has 0 aromatic carbocycles. The summed E-state index contributed by atoms with van der Waals surface area (Å²) < 4.78 is 12.0. The summed E-state index contributed by atoms with van der Waals surface area (Å²) in [6.45, 7) is 7.32. The maximum Gasteiger partial charge on any atom is 0.249 e. The van der Waals surface area contributed by atoms with Crippen molar-refractivity contribution >= 4 is 5.91 Å². The molecule has 3 aliphatic rings. The zero-order chi connectivity index (χ0) is 15.6. The topological polar surface area (TPSA) is 38.8 Å². The van der Waals surface area contributed by atoms with Crippen LogP contribution < -0.4 is 0 Å². The summed E-state index contributed by atoms with van der Waals surface area (Å²) in [5.74, 6) is 0.255. The maximum atomic E-state index is 12.7. The number of piperidine rings is 1. The molecule has 1 aliphatic carbocycles. The van der Waals surface area contributed by atoms with Crippen LogP contribution in [0.2, 0.25) is 0 Å². The van der Waals surface area contributed by atoms with Gasteiger partial charge in [-0.25, -0.2) is 0 Å². The second-order valence-electron chi connectivity index (χ2n) is 7.32. The molecule has 3 rings (SSSR count). The Morgan fingerprint density at radius 3 is 3.09 bits per heavy atom. The third-order valence-corrected chi connectivity index (χ3v) is 5.30. The van der Waals surface area contributed by atoms with Crippen molar-refractivity contribution in [2.24, 2.45) is 5.41 Å². The Hall–Kier alpha value is -0.870. The minimum atomic E-state index is -0.00437. The predicted octanol–water partition coefficient (Wildman–Crippen LogP) is 2.92. The number of nitrogens with zero attached hydrogens (tertiary/aromatic N) is 1. The van der Waals surface area contributed by atoms with Gasteiger partial charge in [0.2, 0.25) is 5.91 Å². The number of rotatable bonds is 4. The number of ether oxygens (including phenoxy) is 2. The van der Waals surface area contributed by atoms with Crippen molar-refractivity contribution in [2.75, 3.05) is 26.3 Å². The number of hydrogen-bond donors (Lipinski definition) is 0. The molecule has 0 unspecified atom stereocenters. The number of fused-ring (bicyclic) bond motifs is 1. The van der Waals surface area contributed by atoms with E-state index in [-0.39, 0.29) is 23.5 Å². The molecule has 0 bridgehead atoms. The Kier molecular flexibility index (Phi) is 4.88. The van der Waals surface area contributed by atoms with Crippen LogP contribution in [-0.4, -0.2) is 49.3 Å². The fraction of sp³-hybridized carbons (Fsp3) is 0.833. The lowest BCUT2D eigenvalue weighted by Crippen LogP contribution is -2.58. The molecule has 2 atom stereocenters. The Morgan fingerprint density at radius 1 is 1.50 bits per heavy atom. The van der Waals surface area contributed by atoms with E-state index in [2.05, 4.69) is 24.8 Å². The van der Waals surface area contributed by atoms with E-state index in [0.717, 1.165) is 63.8 Å². The van der Waals surface area contributed by atoms with Crippen LogP contribution in [0.3, 0.4) is 0 Å². The van der Waals surface area contributed by atoms with Crippen molar-refractivity contribution in [1.82, 2.24) is 4.90 Å². The lowest BCUT2D eigenvalue weighted by atomic mass is 9.73. The molecule has 2 saturated heterocycles. The highest BCUT2D eigenvalue weighted by Gasteiger charge is 2.47. The maximum absolute atomic E-state index is 12.7. The minimum Gasteiger partial charge on any atom is -0.378 e. The van der Waals surface area contributed by atoms with Gasteiger partial charge in [-0.1, -0.05) is 6.08 Å². The van der Waals surface area contributed by atoms with Crippen molar-refractivity contribution in [3.8, 4) is 0 Å². The molecule has 124 valence electrons.